The number of guanidine groups is 1. The summed E-state index contributed by atoms with van der Waals surface area (Å²) in [6.07, 6.45) is 0.802. The highest BCUT2D eigenvalue weighted by Gasteiger charge is 2.19. The number of piperazine rings is 1. The molecule has 1 amide bonds. The lowest BCUT2D eigenvalue weighted by molar-refractivity contribution is 0.0963. The van der Waals surface area contributed by atoms with Crippen LogP contribution in [-0.4, -0.2) is 81.1 Å². The summed E-state index contributed by atoms with van der Waals surface area (Å²) in [4.78, 5) is 21.4. The third-order valence-corrected chi connectivity index (χ3v) is 5.50. The van der Waals surface area contributed by atoms with Gasteiger partial charge >= 0.3 is 0 Å². The van der Waals surface area contributed by atoms with Gasteiger partial charge in [-0.3, -0.25) is 14.7 Å². The predicted octanol–water partition coefficient (Wildman–Crippen LogP) is 2.25. The molecule has 0 aromatic heterocycles. The van der Waals surface area contributed by atoms with Crippen LogP contribution in [0.2, 0.25) is 0 Å². The Morgan fingerprint density at radius 1 is 1.06 bits per heavy atom. The molecule has 3 rings (SSSR count). The van der Waals surface area contributed by atoms with E-state index in [2.05, 4.69) is 27.4 Å². The highest BCUT2D eigenvalue weighted by molar-refractivity contribution is 5.94. The number of hydrogen-bond acceptors (Lipinski definition) is 4. The number of carbonyl (C=O) groups is 1. The van der Waals surface area contributed by atoms with Crippen LogP contribution in [0.15, 0.2) is 59.6 Å². The van der Waals surface area contributed by atoms with Crippen LogP contribution in [0.4, 0.5) is 0 Å². The first-order valence-electron chi connectivity index (χ1n) is 11.4. The third kappa shape index (κ3) is 7.27. The van der Waals surface area contributed by atoms with Crippen molar-refractivity contribution < 1.29 is 9.53 Å². The second-order valence-electron chi connectivity index (χ2n) is 7.76. The lowest BCUT2D eigenvalue weighted by Gasteiger charge is -2.36. The van der Waals surface area contributed by atoms with Gasteiger partial charge in [0, 0.05) is 58.4 Å². The molecule has 1 saturated heterocycles. The maximum absolute atomic E-state index is 11.8. The molecule has 2 aromatic rings. The van der Waals surface area contributed by atoms with E-state index < -0.39 is 0 Å². The number of benzene rings is 2. The Bertz CT molecular complexity index is 864. The molecular weight excluding hydrogens is 402 g/mol. The van der Waals surface area contributed by atoms with Gasteiger partial charge in [0.25, 0.3) is 5.91 Å². The van der Waals surface area contributed by atoms with Crippen LogP contribution in [0.1, 0.15) is 22.8 Å². The standard InChI is InChI=1S/C25H35N5O2/c1-3-27-25(28-13-12-21-8-7-9-22(20-21)24(31)26-2)30-16-14-29(15-17-30)18-19-32-23-10-5-4-6-11-23/h4-11,20H,3,12-19H2,1-2H3,(H,26,31)(H,27,28). The molecule has 0 spiro atoms. The van der Waals surface area contributed by atoms with E-state index >= 15 is 0 Å². The van der Waals surface area contributed by atoms with Crippen molar-refractivity contribution in [1.29, 1.82) is 0 Å². The number of nitrogens with zero attached hydrogens (tertiary/aromatic N) is 3. The fourth-order valence-electron chi connectivity index (χ4n) is 3.72. The largest absolute Gasteiger partial charge is 0.492 e. The molecule has 172 valence electrons. The Morgan fingerprint density at radius 2 is 1.84 bits per heavy atom. The highest BCUT2D eigenvalue weighted by Crippen LogP contribution is 2.09. The van der Waals surface area contributed by atoms with E-state index in [1.807, 2.05) is 54.6 Å². The SMILES string of the molecule is CCNC(=NCCc1cccc(C(=O)NC)c1)N1CCN(CCOc2ccccc2)CC1. The first-order valence-corrected chi connectivity index (χ1v) is 11.4. The van der Waals surface area contributed by atoms with E-state index in [4.69, 9.17) is 9.73 Å². The molecule has 0 atom stereocenters. The molecule has 7 heteroatoms. The summed E-state index contributed by atoms with van der Waals surface area (Å²) in [5, 5.41) is 6.10. The van der Waals surface area contributed by atoms with Crippen LogP contribution in [0, 0.1) is 0 Å². The van der Waals surface area contributed by atoms with E-state index in [1.54, 1.807) is 7.05 Å². The van der Waals surface area contributed by atoms with Crippen molar-refractivity contribution in [2.75, 3.05) is 59.5 Å². The number of rotatable bonds is 9. The molecule has 0 unspecified atom stereocenters. The summed E-state index contributed by atoms with van der Waals surface area (Å²) in [5.41, 5.74) is 1.81. The maximum Gasteiger partial charge on any atom is 0.251 e. The molecule has 7 nitrogen and oxygen atoms in total. The van der Waals surface area contributed by atoms with Gasteiger partial charge in [-0.25, -0.2) is 0 Å². The number of ether oxygens (including phenoxy) is 1. The predicted molar refractivity (Wildman–Crippen MR) is 129 cm³/mol. The summed E-state index contributed by atoms with van der Waals surface area (Å²) >= 11 is 0. The van der Waals surface area contributed by atoms with Crippen LogP contribution in [-0.2, 0) is 6.42 Å². The molecule has 0 radical (unpaired) electrons. The third-order valence-electron chi connectivity index (χ3n) is 5.50. The van der Waals surface area contributed by atoms with E-state index in [0.29, 0.717) is 18.7 Å². The Kier molecular flexibility index (Phi) is 9.37. The Hall–Kier alpha value is -3.06. The summed E-state index contributed by atoms with van der Waals surface area (Å²) < 4.78 is 5.83. The number of para-hydroxylation sites is 1. The van der Waals surface area contributed by atoms with Gasteiger partial charge in [-0.15, -0.1) is 0 Å². The number of hydrogen-bond donors (Lipinski definition) is 2. The van der Waals surface area contributed by atoms with Gasteiger partial charge in [0.1, 0.15) is 12.4 Å². The average Bonchev–Trinajstić information content (AvgIpc) is 2.84. The van der Waals surface area contributed by atoms with Crippen molar-refractivity contribution in [3.63, 3.8) is 0 Å². The van der Waals surface area contributed by atoms with E-state index in [1.165, 1.54) is 0 Å². The van der Waals surface area contributed by atoms with Gasteiger partial charge in [-0.1, -0.05) is 30.3 Å². The van der Waals surface area contributed by atoms with E-state index in [-0.39, 0.29) is 5.91 Å². The van der Waals surface area contributed by atoms with Crippen LogP contribution in [0.5, 0.6) is 5.75 Å². The Balaban J connectivity index is 1.45. The van der Waals surface area contributed by atoms with Crippen LogP contribution < -0.4 is 15.4 Å². The molecule has 2 aromatic carbocycles. The fourth-order valence-corrected chi connectivity index (χ4v) is 3.72. The first-order chi connectivity index (χ1) is 15.7. The van der Waals surface area contributed by atoms with Gasteiger partial charge in [0.2, 0.25) is 0 Å². The van der Waals surface area contributed by atoms with Crippen molar-refractivity contribution in [2.45, 2.75) is 13.3 Å². The van der Waals surface area contributed by atoms with Crippen molar-refractivity contribution in [1.82, 2.24) is 20.4 Å². The topological polar surface area (TPSA) is 69.2 Å². The van der Waals surface area contributed by atoms with Crippen molar-refractivity contribution in [3.05, 3.63) is 65.7 Å². The van der Waals surface area contributed by atoms with Crippen LogP contribution in [0.3, 0.4) is 0 Å². The zero-order valence-corrected chi connectivity index (χ0v) is 19.2. The number of carbonyl (C=O) groups excluding carboxylic acids is 1. The lowest BCUT2D eigenvalue weighted by Crippen LogP contribution is -2.53. The second-order valence-corrected chi connectivity index (χ2v) is 7.76. The first kappa shape index (κ1) is 23.6. The molecule has 0 saturated carbocycles. The van der Waals surface area contributed by atoms with Gasteiger partial charge in [0.05, 0.1) is 0 Å². The Morgan fingerprint density at radius 3 is 2.56 bits per heavy atom. The minimum Gasteiger partial charge on any atom is -0.492 e. The highest BCUT2D eigenvalue weighted by atomic mass is 16.5. The summed E-state index contributed by atoms with van der Waals surface area (Å²) in [6, 6.07) is 17.7. The van der Waals surface area contributed by atoms with Gasteiger partial charge in [-0.05, 0) is 43.2 Å². The fraction of sp³-hybridized carbons (Fsp3) is 0.440. The van der Waals surface area contributed by atoms with Gasteiger partial charge in [-0.2, -0.15) is 0 Å². The minimum atomic E-state index is -0.0595. The zero-order chi connectivity index (χ0) is 22.6. The van der Waals surface area contributed by atoms with E-state index in [0.717, 1.165) is 63.0 Å². The van der Waals surface area contributed by atoms with Gasteiger partial charge < -0.3 is 20.3 Å². The summed E-state index contributed by atoms with van der Waals surface area (Å²) in [6.45, 7) is 9.14. The second kappa shape index (κ2) is 12.7. The monoisotopic (exact) mass is 437 g/mol. The Labute approximate surface area is 191 Å². The zero-order valence-electron chi connectivity index (χ0n) is 19.2. The molecule has 0 aliphatic carbocycles. The van der Waals surface area contributed by atoms with Crippen molar-refractivity contribution in [2.24, 2.45) is 4.99 Å². The normalized spacial score (nSPS) is 14.8. The quantitative estimate of drug-likeness (QED) is 0.465. The van der Waals surface area contributed by atoms with Crippen molar-refractivity contribution >= 4 is 11.9 Å². The lowest BCUT2D eigenvalue weighted by atomic mass is 10.1. The smallest absolute Gasteiger partial charge is 0.251 e. The summed E-state index contributed by atoms with van der Waals surface area (Å²) in [5.74, 6) is 1.83. The van der Waals surface area contributed by atoms with E-state index in [9.17, 15) is 4.79 Å². The number of aliphatic imine (C=N–C) groups is 1. The van der Waals surface area contributed by atoms with Crippen LogP contribution in [0.25, 0.3) is 0 Å². The maximum atomic E-state index is 11.8. The molecule has 2 N–H and O–H groups in total. The number of amides is 1. The minimum absolute atomic E-state index is 0.0595. The van der Waals surface area contributed by atoms with Gasteiger partial charge in [0.15, 0.2) is 5.96 Å². The average molecular weight is 438 g/mol. The molecule has 1 aliphatic rings. The molecule has 0 bridgehead atoms. The molecule has 1 heterocycles. The molecular formula is C25H35N5O2. The van der Waals surface area contributed by atoms with Crippen LogP contribution >= 0.6 is 0 Å². The molecule has 1 aliphatic heterocycles. The van der Waals surface area contributed by atoms with Crippen molar-refractivity contribution in [3.8, 4) is 5.75 Å². The molecule has 32 heavy (non-hydrogen) atoms. The number of nitrogens with one attached hydrogen (secondary N) is 2. The molecule has 1 fully saturated rings. The summed E-state index contributed by atoms with van der Waals surface area (Å²) in [7, 11) is 1.65.